The quantitative estimate of drug-likeness (QED) is 0.806. The minimum Gasteiger partial charge on any atom is -0.497 e. The number of carbonyl (C=O) groups excluding carboxylic acids is 1. The zero-order valence-electron chi connectivity index (χ0n) is 15.9. The number of morpholine rings is 1. The van der Waals surface area contributed by atoms with E-state index in [1.54, 1.807) is 13.3 Å². The maximum Gasteiger partial charge on any atom is 0.320 e. The van der Waals surface area contributed by atoms with E-state index in [0.29, 0.717) is 25.7 Å². The van der Waals surface area contributed by atoms with Gasteiger partial charge in [0.15, 0.2) is 0 Å². The third kappa shape index (κ3) is 3.22. The molecule has 2 aromatic rings. The van der Waals surface area contributed by atoms with Crippen molar-refractivity contribution < 1.29 is 19.0 Å². The van der Waals surface area contributed by atoms with Gasteiger partial charge in [0, 0.05) is 50.1 Å². The number of ether oxygens (including phenoxy) is 3. The van der Waals surface area contributed by atoms with E-state index in [2.05, 4.69) is 9.97 Å². The molecular weight excluding hydrogens is 360 g/mol. The highest BCUT2D eigenvalue weighted by Crippen LogP contribution is 2.29. The lowest BCUT2D eigenvalue weighted by Crippen LogP contribution is -2.51. The number of piperidine rings is 1. The average molecular weight is 384 g/mol. The lowest BCUT2D eigenvalue weighted by Gasteiger charge is -2.36. The van der Waals surface area contributed by atoms with Crippen LogP contribution in [0.4, 0.5) is 4.79 Å². The monoisotopic (exact) mass is 384 g/mol. The van der Waals surface area contributed by atoms with Crippen molar-refractivity contribution in [3.63, 3.8) is 0 Å². The molecule has 0 saturated carbocycles. The van der Waals surface area contributed by atoms with Gasteiger partial charge in [0.2, 0.25) is 0 Å². The Hall–Kier alpha value is -2.61. The van der Waals surface area contributed by atoms with Gasteiger partial charge in [-0.3, -0.25) is 0 Å². The van der Waals surface area contributed by atoms with Gasteiger partial charge in [0.1, 0.15) is 11.9 Å². The summed E-state index contributed by atoms with van der Waals surface area (Å²) in [7, 11) is 1.63. The molecule has 0 unspecified atom stereocenters. The van der Waals surface area contributed by atoms with Gasteiger partial charge in [-0.05, 0) is 18.6 Å². The first kappa shape index (κ1) is 17.5. The van der Waals surface area contributed by atoms with Crippen molar-refractivity contribution in [3.8, 4) is 11.8 Å². The zero-order valence-corrected chi connectivity index (χ0v) is 15.9. The van der Waals surface area contributed by atoms with E-state index >= 15 is 0 Å². The number of amides is 2. The number of benzene rings is 1. The molecule has 8 nitrogen and oxygen atoms in total. The van der Waals surface area contributed by atoms with Crippen LogP contribution in [-0.2, 0) is 4.74 Å². The van der Waals surface area contributed by atoms with Crippen molar-refractivity contribution in [2.75, 3.05) is 33.4 Å². The molecule has 0 aliphatic carbocycles. The first-order valence-electron chi connectivity index (χ1n) is 9.84. The van der Waals surface area contributed by atoms with Crippen LogP contribution in [0.3, 0.4) is 0 Å². The molecule has 0 N–H and O–H groups in total. The van der Waals surface area contributed by atoms with Gasteiger partial charge in [-0.15, -0.1) is 0 Å². The molecule has 2 bridgehead atoms. The van der Waals surface area contributed by atoms with E-state index < -0.39 is 0 Å². The number of hydrogen-bond acceptors (Lipinski definition) is 6. The van der Waals surface area contributed by atoms with Gasteiger partial charge in [-0.1, -0.05) is 0 Å². The number of carbonyl (C=O) groups is 1. The molecule has 0 spiro atoms. The largest absolute Gasteiger partial charge is 0.497 e. The summed E-state index contributed by atoms with van der Waals surface area (Å²) >= 11 is 0. The Bertz CT molecular complexity index is 884. The number of fused-ring (bicyclic) bond motifs is 3. The number of methoxy groups -OCH3 is 1. The van der Waals surface area contributed by atoms with Crippen LogP contribution in [0.1, 0.15) is 19.3 Å². The van der Waals surface area contributed by atoms with E-state index in [9.17, 15) is 4.79 Å². The number of nitrogens with zero attached hydrogens (tertiary/aromatic N) is 4. The molecule has 4 heterocycles. The lowest BCUT2D eigenvalue weighted by atomic mass is 10.1. The zero-order chi connectivity index (χ0) is 19.1. The van der Waals surface area contributed by atoms with Gasteiger partial charge in [0.05, 0.1) is 31.4 Å². The van der Waals surface area contributed by atoms with E-state index in [1.165, 1.54) is 0 Å². The minimum absolute atomic E-state index is 0.0190. The second-order valence-electron chi connectivity index (χ2n) is 7.66. The number of hydrogen-bond donors (Lipinski definition) is 0. The van der Waals surface area contributed by atoms with Crippen LogP contribution in [0, 0.1) is 0 Å². The van der Waals surface area contributed by atoms with Gasteiger partial charge >= 0.3 is 12.0 Å². The predicted octanol–water partition coefficient (Wildman–Crippen LogP) is 2.07. The van der Waals surface area contributed by atoms with E-state index in [0.717, 1.165) is 42.5 Å². The molecule has 8 heteroatoms. The smallest absolute Gasteiger partial charge is 0.320 e. The maximum atomic E-state index is 12.8. The van der Waals surface area contributed by atoms with Crippen LogP contribution < -0.4 is 9.47 Å². The number of urea groups is 1. The third-order valence-electron chi connectivity index (χ3n) is 5.90. The van der Waals surface area contributed by atoms with Crippen molar-refractivity contribution in [2.45, 2.75) is 37.5 Å². The molecule has 1 aromatic heterocycles. The Labute approximate surface area is 163 Å². The molecule has 3 saturated heterocycles. The Kier molecular flexibility index (Phi) is 4.43. The fraction of sp³-hybridized carbons (Fsp3) is 0.550. The predicted molar refractivity (Wildman–Crippen MR) is 102 cm³/mol. The summed E-state index contributed by atoms with van der Waals surface area (Å²) in [5, 5.41) is 0.942. The first-order valence-corrected chi connectivity index (χ1v) is 9.84. The second kappa shape index (κ2) is 7.09. The molecule has 1 aromatic carbocycles. The molecule has 3 aliphatic heterocycles. The van der Waals surface area contributed by atoms with E-state index in [1.807, 2.05) is 28.0 Å². The summed E-state index contributed by atoms with van der Waals surface area (Å²) in [4.78, 5) is 25.5. The number of likely N-dealkylation sites (tertiary alicyclic amines) is 2. The SMILES string of the molecule is COc1ccc2cnc(OC3CCN(C(=O)N4C[C@@H]5C[C@H]4CO5)CC3)nc2c1. The summed E-state index contributed by atoms with van der Waals surface area (Å²) in [6.45, 7) is 2.80. The summed E-state index contributed by atoms with van der Waals surface area (Å²) in [5.41, 5.74) is 0.795. The normalized spacial score (nSPS) is 24.8. The minimum atomic E-state index is 0.0190. The Morgan fingerprint density at radius 2 is 2.14 bits per heavy atom. The van der Waals surface area contributed by atoms with Crippen LogP contribution in [0.2, 0.25) is 0 Å². The fourth-order valence-corrected chi connectivity index (χ4v) is 4.30. The van der Waals surface area contributed by atoms with Crippen LogP contribution in [-0.4, -0.2) is 77.4 Å². The molecule has 2 amide bonds. The van der Waals surface area contributed by atoms with Gasteiger partial charge in [-0.25, -0.2) is 9.78 Å². The Balaban J connectivity index is 1.19. The molecule has 5 rings (SSSR count). The lowest BCUT2D eigenvalue weighted by molar-refractivity contribution is 0.0300. The average Bonchev–Trinajstić information content (AvgIpc) is 3.37. The molecule has 2 atom stereocenters. The van der Waals surface area contributed by atoms with Crippen molar-refractivity contribution in [1.29, 1.82) is 0 Å². The van der Waals surface area contributed by atoms with Crippen LogP contribution in [0.15, 0.2) is 24.4 Å². The maximum absolute atomic E-state index is 12.8. The fourth-order valence-electron chi connectivity index (χ4n) is 4.30. The molecule has 148 valence electrons. The van der Waals surface area contributed by atoms with E-state index in [-0.39, 0.29) is 24.3 Å². The standard InChI is InChI=1S/C20H24N4O4/c1-26-16-3-2-13-10-21-19(22-18(13)9-16)28-15-4-6-23(7-5-15)20(25)24-11-17-8-14(24)12-27-17/h2-3,9-10,14-15,17H,4-8,11-12H2,1H3/t14-,17-/m0/s1. The van der Waals surface area contributed by atoms with Crippen molar-refractivity contribution in [2.24, 2.45) is 0 Å². The van der Waals surface area contributed by atoms with Gasteiger partial charge < -0.3 is 24.0 Å². The second-order valence-corrected chi connectivity index (χ2v) is 7.66. The van der Waals surface area contributed by atoms with Crippen molar-refractivity contribution in [1.82, 2.24) is 19.8 Å². The first-order chi connectivity index (χ1) is 13.7. The van der Waals surface area contributed by atoms with E-state index in [4.69, 9.17) is 14.2 Å². The van der Waals surface area contributed by atoms with Crippen LogP contribution in [0.25, 0.3) is 10.9 Å². The highest BCUT2D eigenvalue weighted by Gasteiger charge is 2.43. The number of rotatable bonds is 3. The van der Waals surface area contributed by atoms with Crippen LogP contribution in [0.5, 0.6) is 11.8 Å². The van der Waals surface area contributed by atoms with Crippen molar-refractivity contribution >= 4 is 16.9 Å². The van der Waals surface area contributed by atoms with Crippen LogP contribution >= 0.6 is 0 Å². The Morgan fingerprint density at radius 3 is 2.86 bits per heavy atom. The highest BCUT2D eigenvalue weighted by atomic mass is 16.5. The van der Waals surface area contributed by atoms with Crippen molar-refractivity contribution in [3.05, 3.63) is 24.4 Å². The summed E-state index contributed by atoms with van der Waals surface area (Å²) in [5.74, 6) is 0.755. The van der Waals surface area contributed by atoms with Gasteiger partial charge in [0.25, 0.3) is 0 Å². The molecule has 28 heavy (non-hydrogen) atoms. The summed E-state index contributed by atoms with van der Waals surface area (Å²) in [6, 6.07) is 6.46. The molecule has 3 fully saturated rings. The highest BCUT2D eigenvalue weighted by molar-refractivity contribution is 5.79. The van der Waals surface area contributed by atoms with Gasteiger partial charge in [-0.2, -0.15) is 4.98 Å². The number of aromatic nitrogens is 2. The third-order valence-corrected chi connectivity index (χ3v) is 5.90. The molecule has 3 aliphatic rings. The topological polar surface area (TPSA) is 77.0 Å². The Morgan fingerprint density at radius 1 is 1.29 bits per heavy atom. The molecular formula is C20H24N4O4. The summed E-state index contributed by atoms with van der Waals surface area (Å²) in [6.07, 6.45) is 4.56. The molecule has 0 radical (unpaired) electrons. The summed E-state index contributed by atoms with van der Waals surface area (Å²) < 4.78 is 16.9.